The second kappa shape index (κ2) is 11.1. The number of amides is 1. The lowest BCUT2D eigenvalue weighted by Crippen LogP contribution is -2.45. The molecule has 2 N–H and O–H groups in total. The minimum atomic E-state index is -0.158. The normalized spacial score (nSPS) is 15.4. The van der Waals surface area contributed by atoms with Gasteiger partial charge >= 0.3 is 0 Å². The Hall–Kier alpha value is -2.69. The number of nitrogens with zero attached hydrogens (tertiary/aromatic N) is 6. The smallest absolute Gasteiger partial charge is 0.239 e. The number of imidazole rings is 1. The molecule has 0 saturated carbocycles. The third kappa shape index (κ3) is 6.74. The van der Waals surface area contributed by atoms with Crippen LogP contribution in [-0.4, -0.2) is 95.8 Å². The number of benzene rings is 1. The van der Waals surface area contributed by atoms with E-state index in [0.717, 1.165) is 66.3 Å². The fourth-order valence-electron chi connectivity index (χ4n) is 4.21. The molecule has 196 valence electrons. The predicted molar refractivity (Wildman–Crippen MR) is 149 cm³/mol. The summed E-state index contributed by atoms with van der Waals surface area (Å²) in [6.07, 6.45) is 0.966. The molecule has 0 atom stereocenters. The highest BCUT2D eigenvalue weighted by molar-refractivity contribution is 7.20. The summed E-state index contributed by atoms with van der Waals surface area (Å²) in [6.45, 7) is 14.9. The maximum absolute atomic E-state index is 12.6. The van der Waals surface area contributed by atoms with Crippen molar-refractivity contribution in [3.05, 3.63) is 29.8 Å². The van der Waals surface area contributed by atoms with E-state index in [-0.39, 0.29) is 18.0 Å². The number of hydrogen-bond acceptors (Lipinski definition) is 8. The van der Waals surface area contributed by atoms with Crippen LogP contribution in [0.15, 0.2) is 24.3 Å². The third-order valence-electron chi connectivity index (χ3n) is 6.29. The maximum Gasteiger partial charge on any atom is 0.239 e. The van der Waals surface area contributed by atoms with Crippen molar-refractivity contribution in [2.24, 2.45) is 0 Å². The third-order valence-corrected chi connectivity index (χ3v) is 7.31. The van der Waals surface area contributed by atoms with Crippen LogP contribution < -0.4 is 15.5 Å². The highest BCUT2D eigenvalue weighted by Gasteiger charge is 2.23. The molecule has 0 radical (unpaired) electrons. The van der Waals surface area contributed by atoms with Crippen molar-refractivity contribution in [1.29, 1.82) is 0 Å². The lowest BCUT2D eigenvalue weighted by molar-refractivity contribution is -0.119. The zero-order valence-electron chi connectivity index (χ0n) is 22.5. The van der Waals surface area contributed by atoms with E-state index in [1.807, 2.05) is 16.5 Å². The second-order valence-corrected chi connectivity index (χ2v) is 11.8. The first-order chi connectivity index (χ1) is 17.1. The van der Waals surface area contributed by atoms with Gasteiger partial charge < -0.3 is 25.3 Å². The van der Waals surface area contributed by atoms with Crippen molar-refractivity contribution >= 4 is 33.2 Å². The quantitative estimate of drug-likeness (QED) is 0.426. The van der Waals surface area contributed by atoms with Crippen molar-refractivity contribution in [1.82, 2.24) is 29.7 Å². The Bertz CT molecular complexity index is 1160. The van der Waals surface area contributed by atoms with Crippen molar-refractivity contribution < 1.29 is 4.79 Å². The molecule has 1 amide bonds. The van der Waals surface area contributed by atoms with E-state index in [4.69, 9.17) is 10.1 Å². The first-order valence-electron chi connectivity index (χ1n) is 12.7. The van der Waals surface area contributed by atoms with E-state index < -0.39 is 0 Å². The van der Waals surface area contributed by atoms with E-state index >= 15 is 0 Å². The van der Waals surface area contributed by atoms with Crippen LogP contribution in [0.1, 0.15) is 32.8 Å². The van der Waals surface area contributed by atoms with Crippen LogP contribution in [0, 0.1) is 6.92 Å². The van der Waals surface area contributed by atoms with Crippen molar-refractivity contribution in [3.63, 3.8) is 0 Å². The van der Waals surface area contributed by atoms with Gasteiger partial charge in [0.15, 0.2) is 5.82 Å². The second-order valence-electron chi connectivity index (χ2n) is 10.8. The van der Waals surface area contributed by atoms with E-state index in [2.05, 4.69) is 79.4 Å². The van der Waals surface area contributed by atoms with Crippen LogP contribution in [0.2, 0.25) is 0 Å². The zero-order chi connectivity index (χ0) is 25.9. The van der Waals surface area contributed by atoms with Gasteiger partial charge in [-0.1, -0.05) is 41.2 Å². The molecule has 10 heteroatoms. The van der Waals surface area contributed by atoms with Gasteiger partial charge in [-0.2, -0.15) is 4.52 Å². The Morgan fingerprint density at radius 1 is 1.14 bits per heavy atom. The van der Waals surface area contributed by atoms with Gasteiger partial charge in [0.05, 0.1) is 6.54 Å². The maximum atomic E-state index is 12.6. The first-order valence-corrected chi connectivity index (χ1v) is 13.5. The van der Waals surface area contributed by atoms with Crippen molar-refractivity contribution in [2.45, 2.75) is 39.7 Å². The lowest BCUT2D eigenvalue weighted by Gasteiger charge is -2.32. The minimum absolute atomic E-state index is 0.0112. The summed E-state index contributed by atoms with van der Waals surface area (Å²) >= 11 is 1.49. The Morgan fingerprint density at radius 2 is 1.83 bits per heavy atom. The molecule has 4 rings (SSSR count). The molecule has 1 aromatic carbocycles. The van der Waals surface area contributed by atoms with Gasteiger partial charge in [0.2, 0.25) is 16.0 Å². The fourth-order valence-corrected chi connectivity index (χ4v) is 5.08. The molecule has 0 aliphatic carbocycles. The van der Waals surface area contributed by atoms with Crippen LogP contribution in [0.4, 0.5) is 10.9 Å². The Kier molecular flexibility index (Phi) is 8.17. The monoisotopic (exact) mass is 512 g/mol. The fraction of sp³-hybridized carbons (Fsp3) is 0.577. The number of likely N-dealkylation sites (N-methyl/N-ethyl adjacent to an activating group) is 2. The van der Waals surface area contributed by atoms with Gasteiger partial charge in [0.25, 0.3) is 0 Å². The van der Waals surface area contributed by atoms with Crippen LogP contribution in [0.3, 0.4) is 0 Å². The summed E-state index contributed by atoms with van der Waals surface area (Å²) in [5, 5.41) is 12.2. The summed E-state index contributed by atoms with van der Waals surface area (Å²) in [5.74, 6) is 0.878. The van der Waals surface area contributed by atoms with Gasteiger partial charge in [-0.15, -0.1) is 5.10 Å². The highest BCUT2D eigenvalue weighted by Crippen LogP contribution is 2.34. The molecular weight excluding hydrogens is 472 g/mol. The first kappa shape index (κ1) is 26.4. The summed E-state index contributed by atoms with van der Waals surface area (Å²) in [4.78, 5) is 25.0. The summed E-state index contributed by atoms with van der Waals surface area (Å²) in [5.41, 5.74) is 2.99. The predicted octanol–water partition coefficient (Wildman–Crippen LogP) is 3.17. The average molecular weight is 513 g/mol. The standard InChI is InChI=1S/C26H40N8OS/c1-19-8-10-20(11-9-19)22-23(29-26(2,3)4)34-24(28-22)36-25(30-34)32(6)18-21(35)27-12-7-13-33-16-14-31(5)15-17-33/h8-11,29H,7,12-18H2,1-6H3,(H,27,35). The number of carbonyl (C=O) groups is 1. The number of piperazine rings is 1. The molecule has 1 saturated heterocycles. The molecule has 3 heterocycles. The number of aryl methyl sites for hydroxylation is 1. The molecule has 36 heavy (non-hydrogen) atoms. The summed E-state index contributed by atoms with van der Waals surface area (Å²) in [6, 6.07) is 8.38. The number of rotatable bonds is 9. The number of hydrogen-bond donors (Lipinski definition) is 2. The Labute approximate surface area is 218 Å². The lowest BCUT2D eigenvalue weighted by atomic mass is 10.1. The minimum Gasteiger partial charge on any atom is -0.364 e. The number of aromatic nitrogens is 3. The number of carbonyl (C=O) groups excluding carboxylic acids is 1. The van der Waals surface area contributed by atoms with Crippen LogP contribution in [0.25, 0.3) is 16.2 Å². The van der Waals surface area contributed by atoms with Gasteiger partial charge in [-0.05, 0) is 47.7 Å². The number of nitrogens with one attached hydrogen (secondary N) is 2. The van der Waals surface area contributed by atoms with Gasteiger partial charge in [0, 0.05) is 50.9 Å². The molecule has 9 nitrogen and oxygen atoms in total. The number of anilines is 2. The Balaban J connectivity index is 1.38. The topological polar surface area (TPSA) is 81.0 Å². The summed E-state index contributed by atoms with van der Waals surface area (Å²) < 4.78 is 1.87. The van der Waals surface area contributed by atoms with E-state index in [0.29, 0.717) is 6.54 Å². The SMILES string of the molecule is Cc1ccc(-c2nc3sc(N(C)CC(=O)NCCCN4CCN(C)CC4)nn3c2NC(C)(C)C)cc1. The van der Waals surface area contributed by atoms with Gasteiger partial charge in [-0.3, -0.25) is 4.79 Å². The molecule has 3 aromatic rings. The molecular formula is C26H40N8OS. The Morgan fingerprint density at radius 3 is 2.50 bits per heavy atom. The van der Waals surface area contributed by atoms with Crippen molar-refractivity contribution in [3.8, 4) is 11.3 Å². The van der Waals surface area contributed by atoms with E-state index in [1.54, 1.807) is 0 Å². The van der Waals surface area contributed by atoms with Crippen LogP contribution >= 0.6 is 11.3 Å². The zero-order valence-corrected chi connectivity index (χ0v) is 23.3. The molecule has 2 aromatic heterocycles. The average Bonchev–Trinajstić information content (AvgIpc) is 3.37. The summed E-state index contributed by atoms with van der Waals surface area (Å²) in [7, 11) is 4.07. The van der Waals surface area contributed by atoms with Gasteiger partial charge in [-0.25, -0.2) is 4.98 Å². The van der Waals surface area contributed by atoms with E-state index in [1.165, 1.54) is 16.9 Å². The van der Waals surface area contributed by atoms with E-state index in [9.17, 15) is 4.79 Å². The highest BCUT2D eigenvalue weighted by atomic mass is 32.1. The van der Waals surface area contributed by atoms with Gasteiger partial charge in [0.1, 0.15) is 5.69 Å². The molecule has 1 aliphatic rings. The largest absolute Gasteiger partial charge is 0.364 e. The molecule has 1 fully saturated rings. The van der Waals surface area contributed by atoms with Crippen LogP contribution in [0.5, 0.6) is 0 Å². The van der Waals surface area contributed by atoms with Crippen molar-refractivity contribution in [2.75, 3.05) is 70.1 Å². The van der Waals surface area contributed by atoms with Crippen LogP contribution in [-0.2, 0) is 4.79 Å². The molecule has 0 unspecified atom stereocenters. The molecule has 1 aliphatic heterocycles. The number of fused-ring (bicyclic) bond motifs is 1. The molecule has 0 spiro atoms. The molecule has 0 bridgehead atoms.